The summed E-state index contributed by atoms with van der Waals surface area (Å²) < 4.78 is 41.6. The summed E-state index contributed by atoms with van der Waals surface area (Å²) in [5, 5.41) is 2.62. The predicted octanol–water partition coefficient (Wildman–Crippen LogP) is 5.11. The van der Waals surface area contributed by atoms with Gasteiger partial charge in [0.2, 0.25) is 0 Å². The van der Waals surface area contributed by atoms with E-state index in [0.29, 0.717) is 5.69 Å². The molecule has 3 aromatic rings. The van der Waals surface area contributed by atoms with Gasteiger partial charge in [-0.15, -0.1) is 6.58 Å². The Hall–Kier alpha value is -3.16. The van der Waals surface area contributed by atoms with Crippen LogP contribution in [-0.2, 0) is 10.0 Å². The molecule has 0 saturated carbocycles. The molecule has 0 aromatic heterocycles. The monoisotopic (exact) mass is 444 g/mol. The first-order valence-corrected chi connectivity index (χ1v) is 10.7. The number of sulfonamides is 1. The molecule has 5 nitrogen and oxygen atoms in total. The van der Waals surface area contributed by atoms with Crippen molar-refractivity contribution < 1.29 is 17.6 Å². The van der Waals surface area contributed by atoms with Crippen LogP contribution in [0.5, 0.6) is 0 Å². The van der Waals surface area contributed by atoms with Gasteiger partial charge in [-0.1, -0.05) is 41.9 Å². The summed E-state index contributed by atoms with van der Waals surface area (Å²) in [6.45, 7) is 3.68. The van der Waals surface area contributed by atoms with Crippen LogP contribution >= 0.6 is 11.6 Å². The largest absolute Gasteiger partial charge is 0.319 e. The number of para-hydroxylation sites is 1. The third-order valence-electron chi connectivity index (χ3n) is 4.20. The van der Waals surface area contributed by atoms with Crippen LogP contribution in [0.3, 0.4) is 0 Å². The maximum atomic E-state index is 14.0. The van der Waals surface area contributed by atoms with Crippen molar-refractivity contribution in [2.45, 2.75) is 4.90 Å². The summed E-state index contributed by atoms with van der Waals surface area (Å²) in [5.74, 6) is -1.34. The summed E-state index contributed by atoms with van der Waals surface area (Å²) in [4.78, 5) is 12.5. The van der Waals surface area contributed by atoms with E-state index < -0.39 is 21.7 Å². The SMILES string of the molecule is C=CCN(c1ccccc1)S(=O)(=O)c1cccc(C(=O)Nc2ccc(Cl)cc2F)c1. The Morgan fingerprint density at radius 1 is 1.07 bits per heavy atom. The standard InChI is InChI=1S/C22H18ClFN2O3S/c1-2-13-26(18-8-4-3-5-9-18)30(28,29)19-10-6-7-16(14-19)22(27)25-21-12-11-17(23)15-20(21)24/h2-12,14-15H,1,13H2,(H,25,27). The molecule has 0 atom stereocenters. The average molecular weight is 445 g/mol. The zero-order valence-electron chi connectivity index (χ0n) is 15.8. The second-order valence-corrected chi connectivity index (χ2v) is 8.57. The first-order chi connectivity index (χ1) is 14.3. The smallest absolute Gasteiger partial charge is 0.264 e. The lowest BCUT2D eigenvalue weighted by atomic mass is 10.2. The molecular formula is C22H18ClFN2O3S. The second-order valence-electron chi connectivity index (χ2n) is 6.27. The van der Waals surface area contributed by atoms with Crippen molar-refractivity contribution in [3.63, 3.8) is 0 Å². The number of carbonyl (C=O) groups excluding carboxylic acids is 1. The Kier molecular flexibility index (Phi) is 6.54. The highest BCUT2D eigenvalue weighted by atomic mass is 35.5. The van der Waals surface area contributed by atoms with Gasteiger partial charge in [-0.2, -0.15) is 0 Å². The fourth-order valence-corrected chi connectivity index (χ4v) is 4.40. The molecule has 0 heterocycles. The summed E-state index contributed by atoms with van der Waals surface area (Å²) in [5.41, 5.74) is 0.475. The van der Waals surface area contributed by atoms with Crippen molar-refractivity contribution in [2.24, 2.45) is 0 Å². The molecule has 3 aromatic carbocycles. The van der Waals surface area contributed by atoms with E-state index in [1.54, 1.807) is 30.3 Å². The van der Waals surface area contributed by atoms with Crippen LogP contribution in [0, 0.1) is 5.82 Å². The number of benzene rings is 3. The Labute approximate surface area is 179 Å². The Bertz CT molecular complexity index is 1180. The zero-order valence-corrected chi connectivity index (χ0v) is 17.3. The van der Waals surface area contributed by atoms with Gasteiger partial charge in [0.25, 0.3) is 15.9 Å². The quantitative estimate of drug-likeness (QED) is 0.515. The van der Waals surface area contributed by atoms with Gasteiger partial charge >= 0.3 is 0 Å². The van der Waals surface area contributed by atoms with E-state index in [-0.39, 0.29) is 27.7 Å². The predicted molar refractivity (Wildman–Crippen MR) is 117 cm³/mol. The third kappa shape index (κ3) is 4.69. The highest BCUT2D eigenvalue weighted by molar-refractivity contribution is 7.92. The van der Waals surface area contributed by atoms with Crippen molar-refractivity contribution in [3.8, 4) is 0 Å². The molecule has 0 spiro atoms. The number of hydrogen-bond acceptors (Lipinski definition) is 3. The first-order valence-electron chi connectivity index (χ1n) is 8.88. The topological polar surface area (TPSA) is 66.5 Å². The molecule has 0 aliphatic heterocycles. The van der Waals surface area contributed by atoms with Crippen LogP contribution in [0.4, 0.5) is 15.8 Å². The molecular weight excluding hydrogens is 427 g/mol. The number of amides is 1. The van der Waals surface area contributed by atoms with Gasteiger partial charge in [-0.25, -0.2) is 12.8 Å². The van der Waals surface area contributed by atoms with Crippen LogP contribution in [0.25, 0.3) is 0 Å². The minimum absolute atomic E-state index is 0.0543. The van der Waals surface area contributed by atoms with E-state index >= 15 is 0 Å². The van der Waals surface area contributed by atoms with Crippen LogP contribution in [-0.4, -0.2) is 20.9 Å². The number of carbonyl (C=O) groups is 1. The van der Waals surface area contributed by atoms with Gasteiger partial charge in [0.05, 0.1) is 22.8 Å². The van der Waals surface area contributed by atoms with Crippen molar-refractivity contribution in [1.29, 1.82) is 0 Å². The number of nitrogens with zero attached hydrogens (tertiary/aromatic N) is 1. The Morgan fingerprint density at radius 3 is 2.47 bits per heavy atom. The molecule has 0 aliphatic rings. The molecule has 154 valence electrons. The normalized spacial score (nSPS) is 11.0. The van der Waals surface area contributed by atoms with E-state index in [0.717, 1.165) is 6.07 Å². The number of halogens is 2. The Morgan fingerprint density at radius 2 is 1.80 bits per heavy atom. The van der Waals surface area contributed by atoms with Crippen molar-refractivity contribution in [3.05, 3.63) is 102 Å². The van der Waals surface area contributed by atoms with Crippen LogP contribution < -0.4 is 9.62 Å². The fraction of sp³-hybridized carbons (Fsp3) is 0.0455. The minimum Gasteiger partial charge on any atom is -0.319 e. The van der Waals surface area contributed by atoms with Gasteiger partial charge in [0.15, 0.2) is 0 Å². The van der Waals surface area contributed by atoms with Crippen molar-refractivity contribution in [2.75, 3.05) is 16.2 Å². The van der Waals surface area contributed by atoms with E-state index in [1.807, 2.05) is 0 Å². The summed E-state index contributed by atoms with van der Waals surface area (Å²) in [7, 11) is -3.97. The number of nitrogens with one attached hydrogen (secondary N) is 1. The number of rotatable bonds is 7. The van der Waals surface area contributed by atoms with E-state index in [4.69, 9.17) is 11.6 Å². The minimum atomic E-state index is -3.97. The number of anilines is 2. The molecule has 30 heavy (non-hydrogen) atoms. The third-order valence-corrected chi connectivity index (χ3v) is 6.23. The van der Waals surface area contributed by atoms with E-state index in [9.17, 15) is 17.6 Å². The summed E-state index contributed by atoms with van der Waals surface area (Å²) in [6, 6.07) is 18.0. The molecule has 1 amide bonds. The lowest BCUT2D eigenvalue weighted by Crippen LogP contribution is -2.31. The lowest BCUT2D eigenvalue weighted by molar-refractivity contribution is 0.102. The molecule has 0 saturated heterocycles. The number of hydrogen-bond donors (Lipinski definition) is 1. The van der Waals surface area contributed by atoms with Crippen LogP contribution in [0.1, 0.15) is 10.4 Å². The van der Waals surface area contributed by atoms with Gasteiger partial charge in [-0.3, -0.25) is 9.10 Å². The molecule has 8 heteroatoms. The zero-order chi connectivity index (χ0) is 21.7. The highest BCUT2D eigenvalue weighted by Crippen LogP contribution is 2.25. The molecule has 0 unspecified atom stereocenters. The van der Waals surface area contributed by atoms with Crippen LogP contribution in [0.15, 0.2) is 90.3 Å². The van der Waals surface area contributed by atoms with Gasteiger partial charge in [-0.05, 0) is 48.5 Å². The molecule has 1 N–H and O–H groups in total. The Balaban J connectivity index is 1.93. The molecule has 0 radical (unpaired) electrons. The molecule has 0 fully saturated rings. The lowest BCUT2D eigenvalue weighted by Gasteiger charge is -2.23. The van der Waals surface area contributed by atoms with Gasteiger partial charge in [0.1, 0.15) is 5.82 Å². The molecule has 0 aliphatic carbocycles. The van der Waals surface area contributed by atoms with E-state index in [2.05, 4.69) is 11.9 Å². The molecule has 3 rings (SSSR count). The summed E-state index contributed by atoms with van der Waals surface area (Å²) in [6.07, 6.45) is 1.48. The van der Waals surface area contributed by atoms with Gasteiger partial charge in [0, 0.05) is 10.6 Å². The van der Waals surface area contributed by atoms with E-state index in [1.165, 1.54) is 46.8 Å². The molecule has 0 bridgehead atoms. The van der Waals surface area contributed by atoms with Crippen molar-refractivity contribution in [1.82, 2.24) is 0 Å². The second kappa shape index (κ2) is 9.11. The average Bonchev–Trinajstić information content (AvgIpc) is 2.74. The van der Waals surface area contributed by atoms with Gasteiger partial charge < -0.3 is 5.32 Å². The van der Waals surface area contributed by atoms with Crippen LogP contribution in [0.2, 0.25) is 5.02 Å². The maximum Gasteiger partial charge on any atom is 0.264 e. The maximum absolute atomic E-state index is 14.0. The van der Waals surface area contributed by atoms with Crippen molar-refractivity contribution >= 4 is 38.9 Å². The fourth-order valence-electron chi connectivity index (χ4n) is 2.76. The highest BCUT2D eigenvalue weighted by Gasteiger charge is 2.25. The first kappa shape index (κ1) is 21.5. The summed E-state index contributed by atoms with van der Waals surface area (Å²) >= 11 is 5.72.